The third kappa shape index (κ3) is 3.27. The first-order valence-electron chi connectivity index (χ1n) is 6.44. The Morgan fingerprint density at radius 2 is 2.00 bits per heavy atom. The van der Waals surface area contributed by atoms with Gasteiger partial charge in [0.2, 0.25) is 0 Å². The van der Waals surface area contributed by atoms with E-state index < -0.39 is 5.97 Å². The maximum Gasteiger partial charge on any atom is 0.355 e. The summed E-state index contributed by atoms with van der Waals surface area (Å²) in [7, 11) is 1.71. The normalized spacial score (nSPS) is 15.3. The molecule has 0 bridgehead atoms. The highest BCUT2D eigenvalue weighted by Gasteiger charge is 2.19. The summed E-state index contributed by atoms with van der Waals surface area (Å²) >= 11 is 0. The van der Waals surface area contributed by atoms with Crippen LogP contribution in [0.1, 0.15) is 29.8 Å². The first-order chi connectivity index (χ1) is 9.08. The van der Waals surface area contributed by atoms with Gasteiger partial charge in [-0.3, -0.25) is 4.79 Å². The Labute approximate surface area is 112 Å². The van der Waals surface area contributed by atoms with Crippen LogP contribution in [-0.2, 0) is 16.6 Å². The third-order valence-electron chi connectivity index (χ3n) is 3.27. The molecule has 0 aliphatic carbocycles. The second-order valence-electron chi connectivity index (χ2n) is 4.79. The van der Waals surface area contributed by atoms with Gasteiger partial charge in [0.25, 0.3) is 5.91 Å². The predicted octanol–water partition coefficient (Wildman–Crippen LogP) is 0.777. The maximum atomic E-state index is 11.8. The van der Waals surface area contributed by atoms with Crippen molar-refractivity contribution in [2.75, 3.05) is 25.4 Å². The average Bonchev–Trinajstić information content (AvgIpc) is 2.75. The van der Waals surface area contributed by atoms with Crippen molar-refractivity contribution >= 4 is 17.6 Å². The molecule has 0 saturated carbocycles. The molecule has 1 amide bonds. The molecule has 1 aromatic heterocycles. The van der Waals surface area contributed by atoms with Gasteiger partial charge in [-0.1, -0.05) is 0 Å². The van der Waals surface area contributed by atoms with Crippen molar-refractivity contribution in [3.63, 3.8) is 0 Å². The monoisotopic (exact) mass is 265 g/mol. The van der Waals surface area contributed by atoms with E-state index in [4.69, 9.17) is 10.5 Å². The quantitative estimate of drug-likeness (QED) is 0.819. The van der Waals surface area contributed by atoms with Gasteiger partial charge in [0.05, 0.1) is 5.69 Å². The van der Waals surface area contributed by atoms with Crippen LogP contribution < -0.4 is 5.73 Å². The SMILES string of the molecule is Cn1cc(N)cc1C(=O)OCC(=O)N1CCCCC1. The number of hydrogen-bond acceptors (Lipinski definition) is 4. The number of likely N-dealkylation sites (tertiary alicyclic amines) is 1. The number of rotatable bonds is 3. The van der Waals surface area contributed by atoms with E-state index in [0.29, 0.717) is 11.4 Å². The molecule has 6 heteroatoms. The van der Waals surface area contributed by atoms with Gasteiger partial charge >= 0.3 is 5.97 Å². The summed E-state index contributed by atoms with van der Waals surface area (Å²) in [5.74, 6) is -0.653. The van der Waals surface area contributed by atoms with Crippen molar-refractivity contribution in [2.45, 2.75) is 19.3 Å². The van der Waals surface area contributed by atoms with Gasteiger partial charge in [-0.25, -0.2) is 4.79 Å². The minimum absolute atomic E-state index is 0.129. The summed E-state index contributed by atoms with van der Waals surface area (Å²) < 4.78 is 6.62. The molecule has 0 unspecified atom stereocenters. The Morgan fingerprint density at radius 1 is 1.32 bits per heavy atom. The summed E-state index contributed by atoms with van der Waals surface area (Å²) in [4.78, 5) is 25.4. The van der Waals surface area contributed by atoms with Crippen molar-refractivity contribution in [2.24, 2.45) is 7.05 Å². The molecule has 0 radical (unpaired) electrons. The average molecular weight is 265 g/mol. The van der Waals surface area contributed by atoms with E-state index in [1.54, 1.807) is 22.7 Å². The predicted molar refractivity (Wildman–Crippen MR) is 70.5 cm³/mol. The molecule has 0 atom stereocenters. The largest absolute Gasteiger partial charge is 0.451 e. The van der Waals surface area contributed by atoms with E-state index in [1.165, 1.54) is 6.07 Å². The van der Waals surface area contributed by atoms with Crippen molar-refractivity contribution in [3.05, 3.63) is 18.0 Å². The minimum atomic E-state index is -0.524. The molecule has 1 aliphatic heterocycles. The Bertz CT molecular complexity index is 475. The van der Waals surface area contributed by atoms with Crippen LogP contribution in [0.4, 0.5) is 5.69 Å². The number of carbonyl (C=O) groups is 2. The lowest BCUT2D eigenvalue weighted by molar-refractivity contribution is -0.135. The number of hydrogen-bond donors (Lipinski definition) is 1. The van der Waals surface area contributed by atoms with Crippen LogP contribution in [-0.4, -0.2) is 41.0 Å². The second-order valence-corrected chi connectivity index (χ2v) is 4.79. The number of ether oxygens (including phenoxy) is 1. The Hall–Kier alpha value is -1.98. The van der Waals surface area contributed by atoms with Gasteiger partial charge in [0.1, 0.15) is 5.69 Å². The Balaban J connectivity index is 1.86. The molecule has 2 rings (SSSR count). The molecule has 6 nitrogen and oxygen atoms in total. The number of nitrogen functional groups attached to an aromatic ring is 1. The zero-order chi connectivity index (χ0) is 13.8. The standard InChI is InChI=1S/C13H19N3O3/c1-15-8-10(14)7-11(15)13(18)19-9-12(17)16-5-3-2-4-6-16/h7-8H,2-6,9,14H2,1H3. The van der Waals surface area contributed by atoms with Crippen LogP contribution in [0.5, 0.6) is 0 Å². The molecule has 0 aromatic carbocycles. The van der Waals surface area contributed by atoms with E-state index in [1.807, 2.05) is 0 Å². The lowest BCUT2D eigenvalue weighted by atomic mass is 10.1. The van der Waals surface area contributed by atoms with E-state index in [9.17, 15) is 9.59 Å². The molecular weight excluding hydrogens is 246 g/mol. The van der Waals surface area contributed by atoms with Crippen molar-refractivity contribution < 1.29 is 14.3 Å². The van der Waals surface area contributed by atoms with Crippen LogP contribution in [0.15, 0.2) is 12.3 Å². The lowest BCUT2D eigenvalue weighted by Crippen LogP contribution is -2.38. The molecule has 104 valence electrons. The van der Waals surface area contributed by atoms with Crippen molar-refractivity contribution in [1.29, 1.82) is 0 Å². The zero-order valence-electron chi connectivity index (χ0n) is 11.1. The molecule has 2 N–H and O–H groups in total. The van der Waals surface area contributed by atoms with Gasteiger partial charge in [0.15, 0.2) is 6.61 Å². The summed E-state index contributed by atoms with van der Waals surface area (Å²) in [6.07, 6.45) is 4.83. The van der Waals surface area contributed by atoms with E-state index in [0.717, 1.165) is 32.4 Å². The first kappa shape index (κ1) is 13.5. The van der Waals surface area contributed by atoms with Crippen LogP contribution in [0.3, 0.4) is 0 Å². The molecule has 1 aliphatic rings. The van der Waals surface area contributed by atoms with Gasteiger partial charge < -0.3 is 19.9 Å². The highest BCUT2D eigenvalue weighted by molar-refractivity contribution is 5.91. The van der Waals surface area contributed by atoms with E-state index in [-0.39, 0.29) is 12.5 Å². The Morgan fingerprint density at radius 3 is 2.58 bits per heavy atom. The van der Waals surface area contributed by atoms with E-state index >= 15 is 0 Å². The van der Waals surface area contributed by atoms with Crippen molar-refractivity contribution in [1.82, 2.24) is 9.47 Å². The second kappa shape index (κ2) is 5.77. The van der Waals surface area contributed by atoms with Gasteiger partial charge in [-0.2, -0.15) is 0 Å². The van der Waals surface area contributed by atoms with Crippen LogP contribution in [0, 0.1) is 0 Å². The number of piperidine rings is 1. The fourth-order valence-corrected chi connectivity index (χ4v) is 2.23. The number of nitrogens with zero attached hydrogens (tertiary/aromatic N) is 2. The molecule has 1 aromatic rings. The highest BCUT2D eigenvalue weighted by Crippen LogP contribution is 2.11. The summed E-state index contributed by atoms with van der Waals surface area (Å²) in [5, 5.41) is 0. The maximum absolute atomic E-state index is 11.8. The van der Waals surface area contributed by atoms with Crippen LogP contribution in [0.2, 0.25) is 0 Å². The molecule has 0 spiro atoms. The van der Waals surface area contributed by atoms with Crippen molar-refractivity contribution in [3.8, 4) is 0 Å². The fourth-order valence-electron chi connectivity index (χ4n) is 2.23. The summed E-state index contributed by atoms with van der Waals surface area (Å²) in [6.45, 7) is 1.31. The van der Waals surface area contributed by atoms with Crippen LogP contribution >= 0.6 is 0 Å². The number of amides is 1. The number of anilines is 1. The number of nitrogens with two attached hydrogens (primary N) is 1. The minimum Gasteiger partial charge on any atom is -0.451 e. The van der Waals surface area contributed by atoms with E-state index in [2.05, 4.69) is 0 Å². The summed E-state index contributed by atoms with van der Waals surface area (Å²) in [6, 6.07) is 1.54. The summed E-state index contributed by atoms with van der Waals surface area (Å²) in [5.41, 5.74) is 6.43. The molecule has 1 fully saturated rings. The molecule has 2 heterocycles. The lowest BCUT2D eigenvalue weighted by Gasteiger charge is -2.26. The number of aromatic nitrogens is 1. The van der Waals surface area contributed by atoms with Gasteiger partial charge in [-0.15, -0.1) is 0 Å². The first-order valence-corrected chi connectivity index (χ1v) is 6.44. The zero-order valence-corrected chi connectivity index (χ0v) is 11.1. The highest BCUT2D eigenvalue weighted by atomic mass is 16.5. The molecular formula is C13H19N3O3. The fraction of sp³-hybridized carbons (Fsp3) is 0.538. The van der Waals surface area contributed by atoms with Gasteiger partial charge in [0, 0.05) is 26.3 Å². The van der Waals surface area contributed by atoms with Gasteiger partial charge in [-0.05, 0) is 25.3 Å². The topological polar surface area (TPSA) is 77.6 Å². The van der Waals surface area contributed by atoms with Crippen LogP contribution in [0.25, 0.3) is 0 Å². The molecule has 1 saturated heterocycles. The number of esters is 1. The number of aryl methyl sites for hydroxylation is 1. The Kier molecular flexibility index (Phi) is 4.09. The number of carbonyl (C=O) groups excluding carboxylic acids is 2. The molecule has 19 heavy (non-hydrogen) atoms. The smallest absolute Gasteiger partial charge is 0.355 e. The third-order valence-corrected chi connectivity index (χ3v) is 3.27.